The molecule has 0 unspecified atom stereocenters. The van der Waals surface area contributed by atoms with Crippen molar-refractivity contribution in [1.82, 2.24) is 19.6 Å². The number of aromatic nitrogens is 4. The number of hydrogen-bond donors (Lipinski definition) is 1. The number of carbonyl (C=O) groups is 1. The van der Waals surface area contributed by atoms with Crippen molar-refractivity contribution in [3.8, 4) is 11.4 Å². The molecule has 2 heterocycles. The standard InChI is InChI=1S/C13H16N4O2/c1-16-11(6-7-14-16)12-10(13(18)19)8-17(15-12)9-4-2-3-5-9/h6-9H,2-5H2,1H3,(H,18,19). The molecule has 0 aromatic carbocycles. The van der Waals surface area contributed by atoms with Crippen LogP contribution in [0.2, 0.25) is 0 Å². The number of rotatable bonds is 3. The van der Waals surface area contributed by atoms with Gasteiger partial charge in [-0.1, -0.05) is 12.8 Å². The second-order valence-electron chi connectivity index (χ2n) is 4.95. The fourth-order valence-corrected chi connectivity index (χ4v) is 2.70. The van der Waals surface area contributed by atoms with E-state index in [0.717, 1.165) is 18.5 Å². The Kier molecular flexibility index (Phi) is 2.85. The monoisotopic (exact) mass is 260 g/mol. The van der Waals surface area contributed by atoms with Crippen molar-refractivity contribution in [2.24, 2.45) is 7.05 Å². The number of aromatic carboxylic acids is 1. The molecular formula is C13H16N4O2. The second kappa shape index (κ2) is 4.53. The maximum absolute atomic E-state index is 11.4. The Labute approximate surface area is 110 Å². The van der Waals surface area contributed by atoms with Gasteiger partial charge in [0, 0.05) is 19.4 Å². The molecule has 0 atom stereocenters. The summed E-state index contributed by atoms with van der Waals surface area (Å²) in [5.74, 6) is -0.944. The van der Waals surface area contributed by atoms with E-state index in [1.54, 1.807) is 30.2 Å². The van der Waals surface area contributed by atoms with Gasteiger partial charge >= 0.3 is 5.97 Å². The first kappa shape index (κ1) is 12.0. The maximum Gasteiger partial charge on any atom is 0.339 e. The van der Waals surface area contributed by atoms with E-state index >= 15 is 0 Å². The molecule has 0 bridgehead atoms. The van der Waals surface area contributed by atoms with Gasteiger partial charge in [-0.25, -0.2) is 4.79 Å². The lowest BCUT2D eigenvalue weighted by molar-refractivity contribution is 0.0697. The molecule has 100 valence electrons. The molecule has 1 fully saturated rings. The summed E-state index contributed by atoms with van der Waals surface area (Å²) in [5, 5.41) is 17.9. The molecular weight excluding hydrogens is 244 g/mol. The number of nitrogens with zero attached hydrogens (tertiary/aromatic N) is 4. The highest BCUT2D eigenvalue weighted by Crippen LogP contribution is 2.31. The Bertz CT molecular complexity index is 608. The Morgan fingerprint density at radius 2 is 2.16 bits per heavy atom. The maximum atomic E-state index is 11.4. The van der Waals surface area contributed by atoms with E-state index < -0.39 is 5.97 Å². The van der Waals surface area contributed by atoms with E-state index in [-0.39, 0.29) is 5.56 Å². The lowest BCUT2D eigenvalue weighted by Crippen LogP contribution is -2.05. The Balaban J connectivity index is 2.07. The fraction of sp³-hybridized carbons (Fsp3) is 0.462. The summed E-state index contributed by atoms with van der Waals surface area (Å²) in [6.45, 7) is 0. The molecule has 0 amide bonds. The molecule has 2 aromatic rings. The van der Waals surface area contributed by atoms with Crippen molar-refractivity contribution >= 4 is 5.97 Å². The van der Waals surface area contributed by atoms with Crippen LogP contribution in [0.5, 0.6) is 0 Å². The Morgan fingerprint density at radius 3 is 2.74 bits per heavy atom. The quantitative estimate of drug-likeness (QED) is 0.917. The highest BCUT2D eigenvalue weighted by atomic mass is 16.4. The zero-order valence-electron chi connectivity index (χ0n) is 10.8. The van der Waals surface area contributed by atoms with E-state index in [0.29, 0.717) is 11.7 Å². The lowest BCUT2D eigenvalue weighted by atomic mass is 10.2. The molecule has 0 radical (unpaired) electrons. The van der Waals surface area contributed by atoms with Gasteiger partial charge in [-0.05, 0) is 18.9 Å². The summed E-state index contributed by atoms with van der Waals surface area (Å²) in [4.78, 5) is 11.4. The van der Waals surface area contributed by atoms with Crippen LogP contribution in [0.25, 0.3) is 11.4 Å². The molecule has 0 saturated heterocycles. The lowest BCUT2D eigenvalue weighted by Gasteiger charge is -2.08. The van der Waals surface area contributed by atoms with Gasteiger partial charge in [0.15, 0.2) is 0 Å². The largest absolute Gasteiger partial charge is 0.478 e. The van der Waals surface area contributed by atoms with Crippen molar-refractivity contribution in [3.63, 3.8) is 0 Å². The Morgan fingerprint density at radius 1 is 1.42 bits per heavy atom. The topological polar surface area (TPSA) is 72.9 Å². The van der Waals surface area contributed by atoms with Crippen LogP contribution in [0.4, 0.5) is 0 Å². The summed E-state index contributed by atoms with van der Waals surface area (Å²) in [7, 11) is 1.79. The fourth-order valence-electron chi connectivity index (χ4n) is 2.70. The van der Waals surface area contributed by atoms with E-state index in [2.05, 4.69) is 10.2 Å². The first-order valence-corrected chi connectivity index (χ1v) is 6.47. The average Bonchev–Trinajstić information content (AvgIpc) is 3.07. The molecule has 3 rings (SSSR count). The third-order valence-corrected chi connectivity index (χ3v) is 3.72. The third kappa shape index (κ3) is 2.03. The Hall–Kier alpha value is -2.11. The molecule has 1 saturated carbocycles. The van der Waals surface area contributed by atoms with Gasteiger partial charge in [-0.3, -0.25) is 9.36 Å². The molecule has 1 N–H and O–H groups in total. The van der Waals surface area contributed by atoms with E-state index in [1.165, 1.54) is 12.8 Å². The predicted molar refractivity (Wildman–Crippen MR) is 68.9 cm³/mol. The average molecular weight is 260 g/mol. The summed E-state index contributed by atoms with van der Waals surface area (Å²) >= 11 is 0. The predicted octanol–water partition coefficient (Wildman–Crippen LogP) is 2.10. The SMILES string of the molecule is Cn1nccc1-c1nn(C2CCCC2)cc1C(=O)O. The minimum Gasteiger partial charge on any atom is -0.478 e. The van der Waals surface area contributed by atoms with Crippen LogP contribution in [-0.2, 0) is 7.05 Å². The normalized spacial score (nSPS) is 16.1. The zero-order valence-corrected chi connectivity index (χ0v) is 10.8. The third-order valence-electron chi connectivity index (χ3n) is 3.72. The van der Waals surface area contributed by atoms with Crippen molar-refractivity contribution in [1.29, 1.82) is 0 Å². The minimum atomic E-state index is -0.944. The number of carboxylic acids is 1. The van der Waals surface area contributed by atoms with Crippen LogP contribution in [0.3, 0.4) is 0 Å². The highest BCUT2D eigenvalue weighted by Gasteiger charge is 2.24. The molecule has 2 aromatic heterocycles. The van der Waals surface area contributed by atoms with Crippen LogP contribution in [-0.4, -0.2) is 30.6 Å². The molecule has 1 aliphatic carbocycles. The van der Waals surface area contributed by atoms with Crippen molar-refractivity contribution in [2.75, 3.05) is 0 Å². The van der Waals surface area contributed by atoms with Gasteiger partial charge in [-0.15, -0.1) is 0 Å². The number of aryl methyl sites for hydroxylation is 1. The smallest absolute Gasteiger partial charge is 0.339 e. The van der Waals surface area contributed by atoms with Crippen LogP contribution in [0, 0.1) is 0 Å². The summed E-state index contributed by atoms with van der Waals surface area (Å²) < 4.78 is 3.46. The molecule has 6 nitrogen and oxygen atoms in total. The van der Waals surface area contributed by atoms with Gasteiger partial charge in [0.05, 0.1) is 11.7 Å². The molecule has 1 aliphatic rings. The van der Waals surface area contributed by atoms with Gasteiger partial charge in [0.1, 0.15) is 11.3 Å². The van der Waals surface area contributed by atoms with Crippen molar-refractivity contribution in [3.05, 3.63) is 24.0 Å². The number of hydrogen-bond acceptors (Lipinski definition) is 3. The summed E-state index contributed by atoms with van der Waals surface area (Å²) in [6, 6.07) is 2.12. The summed E-state index contributed by atoms with van der Waals surface area (Å²) in [5.41, 5.74) is 1.48. The first-order chi connectivity index (χ1) is 9.16. The highest BCUT2D eigenvalue weighted by molar-refractivity contribution is 5.94. The first-order valence-electron chi connectivity index (χ1n) is 6.47. The van der Waals surface area contributed by atoms with Crippen LogP contribution < -0.4 is 0 Å². The van der Waals surface area contributed by atoms with Crippen molar-refractivity contribution in [2.45, 2.75) is 31.7 Å². The zero-order chi connectivity index (χ0) is 13.4. The molecule has 0 spiro atoms. The number of carboxylic acid groups (broad SMARTS) is 1. The van der Waals surface area contributed by atoms with Gasteiger partial charge in [0.25, 0.3) is 0 Å². The van der Waals surface area contributed by atoms with E-state index in [4.69, 9.17) is 0 Å². The molecule has 6 heteroatoms. The van der Waals surface area contributed by atoms with Gasteiger partial charge in [0.2, 0.25) is 0 Å². The second-order valence-corrected chi connectivity index (χ2v) is 4.95. The van der Waals surface area contributed by atoms with Crippen LogP contribution in [0.1, 0.15) is 42.1 Å². The van der Waals surface area contributed by atoms with E-state index in [1.807, 2.05) is 4.68 Å². The van der Waals surface area contributed by atoms with Gasteiger partial charge in [-0.2, -0.15) is 10.2 Å². The van der Waals surface area contributed by atoms with Crippen LogP contribution in [0.15, 0.2) is 18.5 Å². The van der Waals surface area contributed by atoms with Crippen LogP contribution >= 0.6 is 0 Å². The summed E-state index contributed by atoms with van der Waals surface area (Å²) in [6.07, 6.45) is 7.83. The molecule has 0 aliphatic heterocycles. The molecule has 19 heavy (non-hydrogen) atoms. The van der Waals surface area contributed by atoms with E-state index in [9.17, 15) is 9.90 Å². The van der Waals surface area contributed by atoms with Crippen molar-refractivity contribution < 1.29 is 9.90 Å². The van der Waals surface area contributed by atoms with Gasteiger partial charge < -0.3 is 5.11 Å². The minimum absolute atomic E-state index is 0.246.